The highest BCUT2D eigenvalue weighted by Gasteiger charge is 2.15. The summed E-state index contributed by atoms with van der Waals surface area (Å²) in [5, 5.41) is 17.1. The number of aromatic nitrogens is 2. The van der Waals surface area contributed by atoms with E-state index in [0.717, 1.165) is 0 Å². The molecule has 1 heterocycles. The quantitative estimate of drug-likeness (QED) is 0.811. The smallest absolute Gasteiger partial charge is 0.239 e. The average molecular weight is 219 g/mol. The molecule has 1 aromatic heterocycles. The van der Waals surface area contributed by atoms with Crippen molar-refractivity contribution in [3.63, 3.8) is 0 Å². The molecule has 0 aromatic carbocycles. The topological polar surface area (TPSA) is 64.5 Å². The Morgan fingerprint density at radius 2 is 2.21 bits per heavy atom. The van der Waals surface area contributed by atoms with Crippen LogP contribution in [0, 0.1) is 0 Å². The van der Waals surface area contributed by atoms with E-state index in [2.05, 4.69) is 10.2 Å². The van der Waals surface area contributed by atoms with Crippen LogP contribution < -0.4 is 4.74 Å². The van der Waals surface area contributed by atoms with Gasteiger partial charge in [0.2, 0.25) is 5.88 Å². The van der Waals surface area contributed by atoms with E-state index < -0.39 is 6.10 Å². The largest absolute Gasteiger partial charge is 0.480 e. The van der Waals surface area contributed by atoms with Crippen LogP contribution in [0.1, 0.15) is 11.7 Å². The van der Waals surface area contributed by atoms with Crippen LogP contribution in [-0.4, -0.2) is 36.1 Å². The molecule has 0 bridgehead atoms. The van der Waals surface area contributed by atoms with Gasteiger partial charge in [-0.25, -0.2) is 0 Å². The van der Waals surface area contributed by atoms with Gasteiger partial charge in [-0.2, -0.15) is 0 Å². The van der Waals surface area contributed by atoms with E-state index in [9.17, 15) is 5.11 Å². The fraction of sp³-hybridized carbons (Fsp3) is 0.500. The lowest BCUT2D eigenvalue weighted by Crippen LogP contribution is -2.08. The van der Waals surface area contributed by atoms with E-state index in [0.29, 0.717) is 5.56 Å². The van der Waals surface area contributed by atoms with Crippen molar-refractivity contribution in [1.29, 1.82) is 0 Å². The van der Waals surface area contributed by atoms with Gasteiger partial charge in [0, 0.05) is 12.7 Å². The second-order valence-electron chi connectivity index (χ2n) is 2.60. The summed E-state index contributed by atoms with van der Waals surface area (Å²) < 4.78 is 9.72. The van der Waals surface area contributed by atoms with E-state index >= 15 is 0 Å². The van der Waals surface area contributed by atoms with Gasteiger partial charge >= 0.3 is 0 Å². The van der Waals surface area contributed by atoms with Gasteiger partial charge in [0.1, 0.15) is 6.10 Å². The molecular formula is C8H11ClN2O3. The van der Waals surface area contributed by atoms with Crippen LogP contribution >= 0.6 is 11.6 Å². The molecule has 1 rings (SSSR count). The van der Waals surface area contributed by atoms with E-state index in [1.54, 1.807) is 0 Å². The zero-order valence-electron chi connectivity index (χ0n) is 7.90. The lowest BCUT2D eigenvalue weighted by molar-refractivity contribution is 0.0622. The van der Waals surface area contributed by atoms with Gasteiger partial charge in [0.05, 0.1) is 13.7 Å². The number of hydrogen-bond acceptors (Lipinski definition) is 5. The summed E-state index contributed by atoms with van der Waals surface area (Å²) in [5.41, 5.74) is 0.467. The third-order valence-electron chi connectivity index (χ3n) is 1.63. The first-order chi connectivity index (χ1) is 6.69. The first-order valence-electron chi connectivity index (χ1n) is 3.93. The molecule has 1 aromatic rings. The summed E-state index contributed by atoms with van der Waals surface area (Å²) in [6, 6.07) is 1.50. The predicted octanol–water partition coefficient (Wildman–Crippen LogP) is 0.818. The minimum Gasteiger partial charge on any atom is -0.480 e. The minimum absolute atomic E-state index is 0.151. The Balaban J connectivity index is 2.97. The van der Waals surface area contributed by atoms with Crippen LogP contribution in [0.3, 0.4) is 0 Å². The van der Waals surface area contributed by atoms with Gasteiger partial charge in [0.25, 0.3) is 0 Å². The maximum atomic E-state index is 9.63. The van der Waals surface area contributed by atoms with Crippen LogP contribution in [0.2, 0.25) is 5.15 Å². The Morgan fingerprint density at radius 1 is 1.50 bits per heavy atom. The molecule has 0 aliphatic rings. The standard InChI is InChI=1S/C8H11ClN2O3/c1-13-4-6(12)5-3-7(9)10-11-8(5)14-2/h3,6,12H,4H2,1-2H3. The maximum absolute atomic E-state index is 9.63. The first-order valence-corrected chi connectivity index (χ1v) is 4.31. The number of ether oxygens (including phenoxy) is 2. The van der Waals surface area contributed by atoms with Crippen LogP contribution in [0.4, 0.5) is 0 Å². The van der Waals surface area contributed by atoms with E-state index in [1.807, 2.05) is 0 Å². The molecule has 0 radical (unpaired) electrons. The van der Waals surface area contributed by atoms with Gasteiger partial charge in [-0.3, -0.25) is 0 Å². The van der Waals surface area contributed by atoms with Crippen molar-refractivity contribution in [2.45, 2.75) is 6.10 Å². The van der Waals surface area contributed by atoms with E-state index in [1.165, 1.54) is 20.3 Å². The summed E-state index contributed by atoms with van der Waals surface area (Å²) in [7, 11) is 2.94. The fourth-order valence-electron chi connectivity index (χ4n) is 1.01. The first kappa shape index (κ1) is 11.2. The van der Waals surface area contributed by atoms with Crippen LogP contribution in [-0.2, 0) is 4.74 Å². The number of nitrogens with zero attached hydrogens (tertiary/aromatic N) is 2. The molecular weight excluding hydrogens is 208 g/mol. The molecule has 0 saturated carbocycles. The molecule has 0 aliphatic carbocycles. The molecule has 6 heteroatoms. The molecule has 1 atom stereocenters. The van der Waals surface area contributed by atoms with Crippen molar-refractivity contribution in [3.05, 3.63) is 16.8 Å². The maximum Gasteiger partial charge on any atom is 0.239 e. The molecule has 0 spiro atoms. The summed E-state index contributed by atoms with van der Waals surface area (Å²) in [6.07, 6.45) is -0.817. The molecule has 0 saturated heterocycles. The van der Waals surface area contributed by atoms with Gasteiger partial charge in [-0.1, -0.05) is 11.6 Å². The number of halogens is 1. The molecule has 78 valence electrons. The normalized spacial score (nSPS) is 12.6. The number of aliphatic hydroxyl groups excluding tert-OH is 1. The number of aliphatic hydroxyl groups is 1. The monoisotopic (exact) mass is 218 g/mol. The van der Waals surface area contributed by atoms with Crippen LogP contribution in [0.15, 0.2) is 6.07 Å². The van der Waals surface area contributed by atoms with Crippen molar-refractivity contribution >= 4 is 11.6 Å². The van der Waals surface area contributed by atoms with Gasteiger partial charge < -0.3 is 14.6 Å². The zero-order chi connectivity index (χ0) is 10.6. The summed E-state index contributed by atoms with van der Waals surface area (Å²) >= 11 is 5.64. The van der Waals surface area contributed by atoms with Crippen molar-refractivity contribution < 1.29 is 14.6 Å². The molecule has 14 heavy (non-hydrogen) atoms. The summed E-state index contributed by atoms with van der Waals surface area (Å²) in [4.78, 5) is 0. The molecule has 0 aliphatic heterocycles. The second-order valence-corrected chi connectivity index (χ2v) is 2.99. The molecule has 5 nitrogen and oxygen atoms in total. The fourth-order valence-corrected chi connectivity index (χ4v) is 1.17. The highest BCUT2D eigenvalue weighted by Crippen LogP contribution is 2.24. The van der Waals surface area contributed by atoms with Crippen molar-refractivity contribution in [2.75, 3.05) is 20.8 Å². The number of methoxy groups -OCH3 is 2. The van der Waals surface area contributed by atoms with Crippen molar-refractivity contribution in [2.24, 2.45) is 0 Å². The Morgan fingerprint density at radius 3 is 2.79 bits per heavy atom. The number of rotatable bonds is 4. The zero-order valence-corrected chi connectivity index (χ0v) is 8.65. The van der Waals surface area contributed by atoms with Crippen LogP contribution in [0.25, 0.3) is 0 Å². The Kier molecular flexibility index (Phi) is 4.06. The molecule has 1 N–H and O–H groups in total. The average Bonchev–Trinajstić information content (AvgIpc) is 2.18. The second kappa shape index (κ2) is 5.09. The SMILES string of the molecule is COCC(O)c1cc(Cl)nnc1OC. The van der Waals surface area contributed by atoms with E-state index in [4.69, 9.17) is 21.1 Å². The lowest BCUT2D eigenvalue weighted by atomic mass is 10.2. The Bertz CT molecular complexity index is 309. The molecule has 0 amide bonds. The lowest BCUT2D eigenvalue weighted by Gasteiger charge is -2.12. The van der Waals surface area contributed by atoms with E-state index in [-0.39, 0.29) is 17.6 Å². The Labute approximate surface area is 86.6 Å². The third kappa shape index (κ3) is 2.54. The minimum atomic E-state index is -0.817. The van der Waals surface area contributed by atoms with Crippen molar-refractivity contribution in [3.8, 4) is 5.88 Å². The van der Waals surface area contributed by atoms with Gasteiger partial charge in [-0.15, -0.1) is 10.2 Å². The van der Waals surface area contributed by atoms with Crippen LogP contribution in [0.5, 0.6) is 5.88 Å². The summed E-state index contributed by atoms with van der Waals surface area (Å²) in [5.74, 6) is 0.249. The molecule has 1 unspecified atom stereocenters. The molecule has 0 fully saturated rings. The Hall–Kier alpha value is -0.910. The summed E-state index contributed by atoms with van der Waals surface area (Å²) in [6.45, 7) is 0.151. The highest BCUT2D eigenvalue weighted by molar-refractivity contribution is 6.29. The van der Waals surface area contributed by atoms with Gasteiger partial charge in [-0.05, 0) is 6.07 Å². The third-order valence-corrected chi connectivity index (χ3v) is 1.82. The predicted molar refractivity (Wildman–Crippen MR) is 50.4 cm³/mol. The van der Waals surface area contributed by atoms with Crippen molar-refractivity contribution in [1.82, 2.24) is 10.2 Å². The highest BCUT2D eigenvalue weighted by atomic mass is 35.5. The van der Waals surface area contributed by atoms with Gasteiger partial charge in [0.15, 0.2) is 5.15 Å². The number of hydrogen-bond donors (Lipinski definition) is 1.